The highest BCUT2D eigenvalue weighted by Crippen LogP contribution is 2.32. The fraction of sp³-hybridized carbons (Fsp3) is 0.111. The first kappa shape index (κ1) is 17.3. The Labute approximate surface area is 159 Å². The molecule has 0 unspecified atom stereocenters. The predicted molar refractivity (Wildman–Crippen MR) is 104 cm³/mol. The SMILES string of the molecule is NC(=N\N=C/c1ccc2c(c1)OCO2)/C(N)=N\N=C\c1ccc2c(c1)OCO2. The number of rotatable bonds is 4. The molecule has 28 heavy (non-hydrogen) atoms. The van der Waals surface area contributed by atoms with Crippen molar-refractivity contribution in [2.45, 2.75) is 0 Å². The molecule has 0 bridgehead atoms. The summed E-state index contributed by atoms with van der Waals surface area (Å²) >= 11 is 0. The van der Waals surface area contributed by atoms with Gasteiger partial charge in [0.25, 0.3) is 0 Å². The quantitative estimate of drug-likeness (QED) is 0.465. The highest BCUT2D eigenvalue weighted by molar-refractivity contribution is 6.39. The number of hydrogen-bond acceptors (Lipinski definition) is 8. The average Bonchev–Trinajstić information content (AvgIpc) is 3.36. The van der Waals surface area contributed by atoms with E-state index in [0.717, 1.165) is 11.1 Å². The third-order valence-corrected chi connectivity index (χ3v) is 3.80. The monoisotopic (exact) mass is 380 g/mol. The van der Waals surface area contributed by atoms with Crippen LogP contribution in [-0.4, -0.2) is 37.7 Å². The molecule has 0 saturated carbocycles. The van der Waals surface area contributed by atoms with E-state index in [-0.39, 0.29) is 25.3 Å². The van der Waals surface area contributed by atoms with E-state index in [4.69, 9.17) is 30.4 Å². The summed E-state index contributed by atoms with van der Waals surface area (Å²) < 4.78 is 21.1. The van der Waals surface area contributed by atoms with Crippen molar-refractivity contribution >= 4 is 24.1 Å². The van der Waals surface area contributed by atoms with Crippen molar-refractivity contribution < 1.29 is 18.9 Å². The predicted octanol–water partition coefficient (Wildman–Crippen LogP) is 1.23. The number of nitrogens with zero attached hydrogens (tertiary/aromatic N) is 4. The number of fused-ring (bicyclic) bond motifs is 2. The van der Waals surface area contributed by atoms with Gasteiger partial charge in [-0.2, -0.15) is 10.2 Å². The van der Waals surface area contributed by atoms with Gasteiger partial charge in [-0.3, -0.25) is 0 Å². The van der Waals surface area contributed by atoms with Crippen molar-refractivity contribution in [1.82, 2.24) is 0 Å². The lowest BCUT2D eigenvalue weighted by molar-refractivity contribution is 0.173. The summed E-state index contributed by atoms with van der Waals surface area (Å²) in [5.41, 5.74) is 13.1. The molecule has 2 aliphatic heterocycles. The maximum atomic E-state index is 5.75. The lowest BCUT2D eigenvalue weighted by Crippen LogP contribution is -2.30. The maximum absolute atomic E-state index is 5.75. The molecule has 2 heterocycles. The Hall–Kier alpha value is -4.08. The molecule has 0 saturated heterocycles. The van der Waals surface area contributed by atoms with Gasteiger partial charge in [0.2, 0.25) is 13.6 Å². The van der Waals surface area contributed by atoms with E-state index in [0.29, 0.717) is 23.0 Å². The van der Waals surface area contributed by atoms with Crippen molar-refractivity contribution in [2.24, 2.45) is 31.9 Å². The summed E-state index contributed by atoms with van der Waals surface area (Å²) in [7, 11) is 0. The highest BCUT2D eigenvalue weighted by Gasteiger charge is 2.13. The third-order valence-electron chi connectivity index (χ3n) is 3.80. The van der Waals surface area contributed by atoms with E-state index in [1.807, 2.05) is 12.1 Å². The van der Waals surface area contributed by atoms with Crippen LogP contribution in [0.4, 0.5) is 0 Å². The fourth-order valence-corrected chi connectivity index (χ4v) is 2.40. The first-order valence-corrected chi connectivity index (χ1v) is 8.22. The molecule has 2 aromatic rings. The second kappa shape index (κ2) is 7.66. The molecule has 0 spiro atoms. The molecule has 0 amide bonds. The van der Waals surface area contributed by atoms with Gasteiger partial charge in [0.1, 0.15) is 0 Å². The third kappa shape index (κ3) is 3.85. The summed E-state index contributed by atoms with van der Waals surface area (Å²) in [6.45, 7) is 0.418. The van der Waals surface area contributed by atoms with E-state index in [1.54, 1.807) is 24.3 Å². The molecule has 4 rings (SSSR count). The Balaban J connectivity index is 1.38. The van der Waals surface area contributed by atoms with Crippen molar-refractivity contribution in [3.05, 3.63) is 47.5 Å². The molecule has 142 valence electrons. The van der Waals surface area contributed by atoms with Crippen LogP contribution in [0.15, 0.2) is 56.8 Å². The number of amidine groups is 2. The molecule has 0 radical (unpaired) electrons. The maximum Gasteiger partial charge on any atom is 0.231 e. The van der Waals surface area contributed by atoms with Gasteiger partial charge in [0.05, 0.1) is 12.4 Å². The van der Waals surface area contributed by atoms with Gasteiger partial charge in [-0.05, 0) is 47.5 Å². The molecular weight excluding hydrogens is 364 g/mol. The minimum Gasteiger partial charge on any atom is -0.454 e. The van der Waals surface area contributed by atoms with Crippen LogP contribution in [0.2, 0.25) is 0 Å². The van der Waals surface area contributed by atoms with Gasteiger partial charge in [-0.1, -0.05) is 0 Å². The van der Waals surface area contributed by atoms with Crippen LogP contribution in [0.1, 0.15) is 11.1 Å². The normalized spacial score (nSPS) is 15.7. The van der Waals surface area contributed by atoms with E-state index < -0.39 is 0 Å². The molecule has 2 aromatic carbocycles. The summed E-state index contributed by atoms with van der Waals surface area (Å²) in [5.74, 6) is 2.58. The number of benzene rings is 2. The summed E-state index contributed by atoms with van der Waals surface area (Å²) in [6.07, 6.45) is 3.02. The zero-order valence-electron chi connectivity index (χ0n) is 14.6. The van der Waals surface area contributed by atoms with Crippen LogP contribution >= 0.6 is 0 Å². The van der Waals surface area contributed by atoms with Crippen LogP contribution < -0.4 is 30.4 Å². The van der Waals surface area contributed by atoms with Gasteiger partial charge >= 0.3 is 0 Å². The van der Waals surface area contributed by atoms with Crippen molar-refractivity contribution in [3.63, 3.8) is 0 Å². The molecular formula is C18H16N6O4. The summed E-state index contributed by atoms with van der Waals surface area (Å²) in [6, 6.07) is 10.8. The van der Waals surface area contributed by atoms with E-state index in [9.17, 15) is 0 Å². The van der Waals surface area contributed by atoms with E-state index >= 15 is 0 Å². The molecule has 0 fully saturated rings. The number of ether oxygens (including phenoxy) is 4. The molecule has 4 N–H and O–H groups in total. The van der Waals surface area contributed by atoms with Crippen LogP contribution in [0.5, 0.6) is 23.0 Å². The van der Waals surface area contributed by atoms with Gasteiger partial charge in [-0.25, -0.2) is 0 Å². The van der Waals surface area contributed by atoms with Crippen LogP contribution in [0.25, 0.3) is 0 Å². The lowest BCUT2D eigenvalue weighted by atomic mass is 10.2. The van der Waals surface area contributed by atoms with Crippen LogP contribution in [-0.2, 0) is 0 Å². The van der Waals surface area contributed by atoms with E-state index in [2.05, 4.69) is 20.4 Å². The number of hydrogen-bond donors (Lipinski definition) is 2. The van der Waals surface area contributed by atoms with Gasteiger partial charge in [-0.15, -0.1) is 10.2 Å². The Kier molecular flexibility index (Phi) is 4.74. The minimum absolute atomic E-state index is 0.0557. The molecule has 10 heteroatoms. The first-order chi connectivity index (χ1) is 13.7. The molecule has 0 aliphatic carbocycles. The second-order valence-electron chi connectivity index (χ2n) is 5.69. The smallest absolute Gasteiger partial charge is 0.231 e. The van der Waals surface area contributed by atoms with E-state index in [1.165, 1.54) is 12.4 Å². The summed E-state index contributed by atoms with van der Waals surface area (Å²) in [5, 5.41) is 15.4. The number of nitrogens with two attached hydrogens (primary N) is 2. The van der Waals surface area contributed by atoms with Gasteiger partial charge in [0.15, 0.2) is 34.7 Å². The van der Waals surface area contributed by atoms with Crippen molar-refractivity contribution in [3.8, 4) is 23.0 Å². The zero-order valence-corrected chi connectivity index (χ0v) is 14.6. The molecule has 0 atom stereocenters. The Morgan fingerprint density at radius 1 is 0.679 bits per heavy atom. The van der Waals surface area contributed by atoms with Crippen molar-refractivity contribution in [1.29, 1.82) is 0 Å². The largest absolute Gasteiger partial charge is 0.454 e. The topological polar surface area (TPSA) is 138 Å². The van der Waals surface area contributed by atoms with Gasteiger partial charge in [0, 0.05) is 0 Å². The Morgan fingerprint density at radius 3 is 1.57 bits per heavy atom. The van der Waals surface area contributed by atoms with Crippen LogP contribution in [0, 0.1) is 0 Å². The standard InChI is InChI=1S/C18H16N6O4/c19-17(23-21-7-11-1-3-13-15(5-11)27-9-25-13)18(20)24-22-8-12-2-4-14-16(6-12)28-10-26-14/h1-8H,9-10H2,(H2,19,23)(H2,20,24)/b21-7-,22-8+. The van der Waals surface area contributed by atoms with Crippen LogP contribution in [0.3, 0.4) is 0 Å². The molecule has 2 aliphatic rings. The molecule has 10 nitrogen and oxygen atoms in total. The zero-order chi connectivity index (χ0) is 19.3. The highest BCUT2D eigenvalue weighted by atomic mass is 16.7. The molecule has 0 aromatic heterocycles. The minimum atomic E-state index is -0.0557. The second-order valence-corrected chi connectivity index (χ2v) is 5.69. The van der Waals surface area contributed by atoms with Crippen molar-refractivity contribution in [2.75, 3.05) is 13.6 Å². The average molecular weight is 380 g/mol. The first-order valence-electron chi connectivity index (χ1n) is 8.22. The summed E-state index contributed by atoms with van der Waals surface area (Å²) in [4.78, 5) is 0. The Bertz CT molecular complexity index is 934. The van der Waals surface area contributed by atoms with Gasteiger partial charge < -0.3 is 30.4 Å². The Morgan fingerprint density at radius 2 is 1.11 bits per heavy atom. The fourth-order valence-electron chi connectivity index (χ4n) is 2.40. The lowest BCUT2D eigenvalue weighted by Gasteiger charge is -1.97.